The number of nitrogens with zero attached hydrogens (tertiary/aromatic N) is 1. The van der Waals surface area contributed by atoms with Gasteiger partial charge in [0.05, 0.1) is 20.1 Å². The van der Waals surface area contributed by atoms with Crippen LogP contribution < -0.4 is 5.32 Å². The van der Waals surface area contributed by atoms with Crippen LogP contribution in [0, 0.1) is 5.92 Å². The minimum absolute atomic E-state index is 0.0245. The molecule has 2 fully saturated rings. The highest BCUT2D eigenvalue weighted by Gasteiger charge is 2.29. The lowest BCUT2D eigenvalue weighted by molar-refractivity contribution is -0.144. The highest BCUT2D eigenvalue weighted by atomic mass is 16.5. The Kier molecular flexibility index (Phi) is 5.19. The van der Waals surface area contributed by atoms with E-state index >= 15 is 0 Å². The van der Waals surface area contributed by atoms with Crippen molar-refractivity contribution in [3.63, 3.8) is 0 Å². The smallest absolute Gasteiger partial charge is 0.307 e. The second kappa shape index (κ2) is 6.89. The van der Waals surface area contributed by atoms with Crippen LogP contribution in [0.5, 0.6) is 0 Å². The molecule has 1 unspecified atom stereocenters. The van der Waals surface area contributed by atoms with Gasteiger partial charge in [-0.2, -0.15) is 0 Å². The van der Waals surface area contributed by atoms with E-state index in [9.17, 15) is 9.59 Å². The van der Waals surface area contributed by atoms with E-state index < -0.39 is 0 Å². The molecule has 0 aromatic rings. The van der Waals surface area contributed by atoms with Gasteiger partial charge >= 0.3 is 5.97 Å². The van der Waals surface area contributed by atoms with Gasteiger partial charge in [0.2, 0.25) is 5.91 Å². The van der Waals surface area contributed by atoms with Crippen molar-refractivity contribution in [3.05, 3.63) is 0 Å². The Hall–Kier alpha value is -1.10. The monoisotopic (exact) mass is 268 g/mol. The molecule has 0 bridgehead atoms. The summed E-state index contributed by atoms with van der Waals surface area (Å²) in [5.74, 6) is 0.671. The van der Waals surface area contributed by atoms with Crippen LogP contribution >= 0.6 is 0 Å². The van der Waals surface area contributed by atoms with E-state index in [0.29, 0.717) is 13.0 Å². The first-order valence-electron chi connectivity index (χ1n) is 7.27. The highest BCUT2D eigenvalue weighted by molar-refractivity contribution is 5.79. The van der Waals surface area contributed by atoms with E-state index in [1.807, 2.05) is 4.90 Å². The fraction of sp³-hybridized carbons (Fsp3) is 0.857. The van der Waals surface area contributed by atoms with E-state index in [4.69, 9.17) is 4.74 Å². The maximum absolute atomic E-state index is 12.2. The number of hydrogen-bond donors (Lipinski definition) is 1. The van der Waals surface area contributed by atoms with Gasteiger partial charge in [-0.1, -0.05) is 0 Å². The summed E-state index contributed by atoms with van der Waals surface area (Å²) in [7, 11) is 1.40. The van der Waals surface area contributed by atoms with Gasteiger partial charge < -0.3 is 15.0 Å². The molecule has 2 rings (SSSR count). The minimum atomic E-state index is -0.226. The summed E-state index contributed by atoms with van der Waals surface area (Å²) in [5.41, 5.74) is 0. The summed E-state index contributed by atoms with van der Waals surface area (Å²) in [6.07, 6.45) is 5.92. The van der Waals surface area contributed by atoms with Crippen LogP contribution in [-0.4, -0.2) is 49.6 Å². The first-order chi connectivity index (χ1) is 9.20. The fourth-order valence-electron chi connectivity index (χ4n) is 2.62. The molecule has 1 amide bonds. The number of methoxy groups -OCH3 is 1. The molecule has 2 aliphatic rings. The third kappa shape index (κ3) is 4.49. The Morgan fingerprint density at radius 1 is 1.26 bits per heavy atom. The van der Waals surface area contributed by atoms with Crippen LogP contribution in [0.4, 0.5) is 0 Å². The lowest BCUT2D eigenvalue weighted by Crippen LogP contribution is -2.48. The highest BCUT2D eigenvalue weighted by Crippen LogP contribution is 2.27. The van der Waals surface area contributed by atoms with Crippen LogP contribution in [0.1, 0.15) is 38.5 Å². The van der Waals surface area contributed by atoms with Gasteiger partial charge in [0.15, 0.2) is 0 Å². The zero-order valence-corrected chi connectivity index (χ0v) is 11.7. The summed E-state index contributed by atoms with van der Waals surface area (Å²) in [6, 6.07) is 0.0245. The van der Waals surface area contributed by atoms with Crippen LogP contribution in [-0.2, 0) is 14.3 Å². The van der Waals surface area contributed by atoms with Gasteiger partial charge in [0.25, 0.3) is 0 Å². The Bertz CT molecular complexity index is 329. The van der Waals surface area contributed by atoms with Gasteiger partial charge in [0, 0.05) is 12.6 Å². The maximum Gasteiger partial charge on any atom is 0.307 e. The van der Waals surface area contributed by atoms with Gasteiger partial charge in [0.1, 0.15) is 0 Å². The van der Waals surface area contributed by atoms with Crippen molar-refractivity contribution < 1.29 is 14.3 Å². The Labute approximate surface area is 114 Å². The summed E-state index contributed by atoms with van der Waals surface area (Å²) in [6.45, 7) is 2.11. The molecule has 108 valence electrons. The molecule has 1 aliphatic carbocycles. The number of carbonyl (C=O) groups is 2. The molecule has 0 aromatic heterocycles. The molecule has 19 heavy (non-hydrogen) atoms. The molecule has 1 saturated carbocycles. The molecule has 1 aliphatic heterocycles. The summed E-state index contributed by atoms with van der Waals surface area (Å²) >= 11 is 0. The fourth-order valence-corrected chi connectivity index (χ4v) is 2.62. The molecule has 1 saturated heterocycles. The van der Waals surface area contributed by atoms with Gasteiger partial charge in [-0.3, -0.25) is 9.59 Å². The van der Waals surface area contributed by atoms with E-state index in [2.05, 4.69) is 5.32 Å². The van der Waals surface area contributed by atoms with Crippen molar-refractivity contribution in [2.75, 3.05) is 26.7 Å². The van der Waals surface area contributed by atoms with Crippen LogP contribution in [0.2, 0.25) is 0 Å². The SMILES string of the molecule is COC(=O)CC1CCCCN1C(=O)CNCC1CC1. The average Bonchev–Trinajstić information content (AvgIpc) is 3.23. The van der Waals surface area contributed by atoms with Gasteiger partial charge in [-0.05, 0) is 44.6 Å². The van der Waals surface area contributed by atoms with Crippen molar-refractivity contribution in [3.8, 4) is 0 Å². The third-order valence-corrected chi connectivity index (χ3v) is 3.98. The van der Waals surface area contributed by atoms with Crippen LogP contribution in [0.15, 0.2) is 0 Å². The van der Waals surface area contributed by atoms with Crippen molar-refractivity contribution in [2.45, 2.75) is 44.6 Å². The van der Waals surface area contributed by atoms with E-state index in [1.54, 1.807) is 0 Å². The topological polar surface area (TPSA) is 58.6 Å². The molecular formula is C14H24N2O3. The van der Waals surface area contributed by atoms with Crippen molar-refractivity contribution in [1.82, 2.24) is 10.2 Å². The van der Waals surface area contributed by atoms with Crippen molar-refractivity contribution in [2.24, 2.45) is 5.92 Å². The molecule has 1 N–H and O–H groups in total. The third-order valence-electron chi connectivity index (χ3n) is 3.98. The largest absolute Gasteiger partial charge is 0.469 e. The Balaban J connectivity index is 1.78. The lowest BCUT2D eigenvalue weighted by Gasteiger charge is -2.35. The first-order valence-corrected chi connectivity index (χ1v) is 7.27. The molecule has 5 heteroatoms. The van der Waals surface area contributed by atoms with E-state index in [0.717, 1.165) is 38.3 Å². The van der Waals surface area contributed by atoms with Gasteiger partial charge in [-0.25, -0.2) is 0 Å². The second-order valence-corrected chi connectivity index (χ2v) is 5.59. The lowest BCUT2D eigenvalue weighted by atomic mass is 9.99. The summed E-state index contributed by atoms with van der Waals surface area (Å²) in [5, 5.41) is 3.22. The molecule has 0 spiro atoms. The minimum Gasteiger partial charge on any atom is -0.469 e. The summed E-state index contributed by atoms with van der Waals surface area (Å²) in [4.78, 5) is 25.4. The molecule has 5 nitrogen and oxygen atoms in total. The predicted molar refractivity (Wildman–Crippen MR) is 71.6 cm³/mol. The van der Waals surface area contributed by atoms with Gasteiger partial charge in [-0.15, -0.1) is 0 Å². The zero-order valence-electron chi connectivity index (χ0n) is 11.7. The Morgan fingerprint density at radius 3 is 2.74 bits per heavy atom. The standard InChI is InChI=1S/C14H24N2O3/c1-19-14(18)8-12-4-2-3-7-16(12)13(17)10-15-9-11-5-6-11/h11-12,15H,2-10H2,1H3. The van der Waals surface area contributed by atoms with Crippen LogP contribution in [0.25, 0.3) is 0 Å². The first kappa shape index (κ1) is 14.3. The van der Waals surface area contributed by atoms with Crippen molar-refractivity contribution in [1.29, 1.82) is 0 Å². The molecular weight excluding hydrogens is 244 g/mol. The predicted octanol–water partition coefficient (Wildman–Crippen LogP) is 0.930. The van der Waals surface area contributed by atoms with E-state index in [1.165, 1.54) is 20.0 Å². The maximum atomic E-state index is 12.2. The molecule has 1 heterocycles. The number of likely N-dealkylation sites (tertiary alicyclic amines) is 1. The van der Waals surface area contributed by atoms with Crippen molar-refractivity contribution >= 4 is 11.9 Å². The van der Waals surface area contributed by atoms with E-state index in [-0.39, 0.29) is 17.9 Å². The molecule has 1 atom stereocenters. The average molecular weight is 268 g/mol. The number of amides is 1. The quantitative estimate of drug-likeness (QED) is 0.728. The number of rotatable bonds is 6. The second-order valence-electron chi connectivity index (χ2n) is 5.59. The number of carbonyl (C=O) groups excluding carboxylic acids is 2. The normalized spacial score (nSPS) is 23.2. The number of ether oxygens (including phenoxy) is 1. The number of piperidine rings is 1. The molecule has 0 aromatic carbocycles. The number of hydrogen-bond acceptors (Lipinski definition) is 4. The Morgan fingerprint density at radius 2 is 2.05 bits per heavy atom. The summed E-state index contributed by atoms with van der Waals surface area (Å²) < 4.78 is 4.71. The molecule has 0 radical (unpaired) electrons. The zero-order chi connectivity index (χ0) is 13.7. The number of esters is 1. The number of nitrogens with one attached hydrogen (secondary N) is 1. The van der Waals surface area contributed by atoms with Crippen LogP contribution in [0.3, 0.4) is 0 Å².